The molecule has 29 heavy (non-hydrogen) atoms. The van der Waals surface area contributed by atoms with Crippen molar-refractivity contribution in [3.63, 3.8) is 0 Å². The molecule has 0 aliphatic rings. The lowest BCUT2D eigenvalue weighted by Crippen LogP contribution is -2.50. The first-order valence-electron chi connectivity index (χ1n) is 9.81. The van der Waals surface area contributed by atoms with Crippen molar-refractivity contribution in [3.05, 3.63) is 65.5 Å². The predicted molar refractivity (Wildman–Crippen MR) is 111 cm³/mol. The highest BCUT2D eigenvalue weighted by molar-refractivity contribution is 5.88. The predicted octanol–water partition coefficient (Wildman–Crippen LogP) is 3.71. The van der Waals surface area contributed by atoms with Crippen LogP contribution in [0.15, 0.2) is 48.5 Å². The Bertz CT molecular complexity index is 840. The van der Waals surface area contributed by atoms with E-state index in [1.807, 2.05) is 38.1 Å². The zero-order valence-electron chi connectivity index (χ0n) is 17.4. The molecule has 2 atom stereocenters. The number of ether oxygens (including phenoxy) is 1. The molecular formula is C23H29FN2O3. The Morgan fingerprint density at radius 2 is 1.86 bits per heavy atom. The quantitative estimate of drug-likeness (QED) is 0.698. The van der Waals surface area contributed by atoms with Gasteiger partial charge in [-0.25, -0.2) is 4.39 Å². The van der Waals surface area contributed by atoms with Gasteiger partial charge in [0.2, 0.25) is 11.8 Å². The van der Waals surface area contributed by atoms with Crippen molar-refractivity contribution >= 4 is 11.8 Å². The van der Waals surface area contributed by atoms with Gasteiger partial charge in [0.25, 0.3) is 0 Å². The van der Waals surface area contributed by atoms with E-state index >= 15 is 0 Å². The highest BCUT2D eigenvalue weighted by Gasteiger charge is 2.27. The number of hydrogen-bond acceptors (Lipinski definition) is 3. The molecule has 0 aliphatic carbocycles. The zero-order valence-corrected chi connectivity index (χ0v) is 17.4. The number of nitrogens with one attached hydrogen (secondary N) is 1. The molecule has 0 heterocycles. The third kappa shape index (κ3) is 6.31. The van der Waals surface area contributed by atoms with Crippen molar-refractivity contribution in [2.45, 2.75) is 52.2 Å². The average Bonchev–Trinajstić information content (AvgIpc) is 2.73. The lowest BCUT2D eigenvalue weighted by atomic mass is 10.1. The largest absolute Gasteiger partial charge is 0.497 e. The third-order valence-electron chi connectivity index (χ3n) is 4.95. The van der Waals surface area contributed by atoms with E-state index in [-0.39, 0.29) is 30.8 Å². The smallest absolute Gasteiger partial charge is 0.242 e. The van der Waals surface area contributed by atoms with Crippen molar-refractivity contribution in [1.29, 1.82) is 0 Å². The topological polar surface area (TPSA) is 58.6 Å². The first-order chi connectivity index (χ1) is 13.8. The number of benzene rings is 2. The van der Waals surface area contributed by atoms with E-state index in [9.17, 15) is 14.0 Å². The molecule has 0 spiro atoms. The highest BCUT2D eigenvalue weighted by Crippen LogP contribution is 2.18. The molecule has 0 aromatic heterocycles. The standard InChI is InChI=1S/C23H29FN2O3/c1-5-16(2)25-23(28)17(3)26(15-18-9-8-11-20(13-18)29-4)22(27)14-19-10-6-7-12-21(19)24/h6-13,16-17H,5,14-15H2,1-4H3,(H,25,28)/t16-,17+/m1/s1. The van der Waals surface area contributed by atoms with Gasteiger partial charge in [0.05, 0.1) is 13.5 Å². The molecule has 6 heteroatoms. The number of hydrogen-bond donors (Lipinski definition) is 1. The van der Waals surface area contributed by atoms with Crippen molar-refractivity contribution in [2.24, 2.45) is 0 Å². The maximum Gasteiger partial charge on any atom is 0.242 e. The summed E-state index contributed by atoms with van der Waals surface area (Å²) in [5, 5.41) is 2.92. The Morgan fingerprint density at radius 3 is 2.52 bits per heavy atom. The van der Waals surface area contributed by atoms with E-state index in [2.05, 4.69) is 5.32 Å². The summed E-state index contributed by atoms with van der Waals surface area (Å²) in [5.74, 6) is -0.312. The van der Waals surface area contributed by atoms with E-state index in [0.29, 0.717) is 11.3 Å². The van der Waals surface area contributed by atoms with Gasteiger partial charge in [0.1, 0.15) is 17.6 Å². The van der Waals surface area contributed by atoms with E-state index in [4.69, 9.17) is 4.74 Å². The molecule has 0 aliphatic heterocycles. The summed E-state index contributed by atoms with van der Waals surface area (Å²) in [7, 11) is 1.57. The molecule has 2 rings (SSSR count). The lowest BCUT2D eigenvalue weighted by molar-refractivity contribution is -0.140. The summed E-state index contributed by atoms with van der Waals surface area (Å²) in [5.41, 5.74) is 1.14. The number of carbonyl (C=O) groups excluding carboxylic acids is 2. The van der Waals surface area contributed by atoms with Gasteiger partial charge in [-0.15, -0.1) is 0 Å². The Balaban J connectivity index is 2.26. The van der Waals surface area contributed by atoms with E-state index in [1.165, 1.54) is 11.0 Å². The fourth-order valence-electron chi connectivity index (χ4n) is 2.92. The lowest BCUT2D eigenvalue weighted by Gasteiger charge is -2.30. The maximum absolute atomic E-state index is 14.0. The Labute approximate surface area is 171 Å². The molecule has 5 nitrogen and oxygen atoms in total. The van der Waals surface area contributed by atoms with Crippen LogP contribution in [0.5, 0.6) is 5.75 Å². The number of halogens is 1. The first kappa shape index (κ1) is 22.4. The van der Waals surface area contributed by atoms with Crippen LogP contribution in [-0.2, 0) is 22.6 Å². The van der Waals surface area contributed by atoms with Gasteiger partial charge in [0, 0.05) is 12.6 Å². The average molecular weight is 400 g/mol. The van der Waals surface area contributed by atoms with Gasteiger partial charge in [-0.2, -0.15) is 0 Å². The fourth-order valence-corrected chi connectivity index (χ4v) is 2.92. The molecule has 2 aromatic carbocycles. The monoisotopic (exact) mass is 400 g/mol. The van der Waals surface area contributed by atoms with Crippen LogP contribution in [0.25, 0.3) is 0 Å². The number of methoxy groups -OCH3 is 1. The Hall–Kier alpha value is -2.89. The summed E-state index contributed by atoms with van der Waals surface area (Å²) < 4.78 is 19.3. The molecule has 0 unspecified atom stereocenters. The van der Waals surface area contributed by atoms with Crippen molar-refractivity contribution in [3.8, 4) is 5.75 Å². The van der Waals surface area contributed by atoms with Crippen LogP contribution in [0.3, 0.4) is 0 Å². The van der Waals surface area contributed by atoms with Crippen LogP contribution in [0.2, 0.25) is 0 Å². The van der Waals surface area contributed by atoms with Crippen LogP contribution in [-0.4, -0.2) is 35.9 Å². The minimum Gasteiger partial charge on any atom is -0.497 e. The number of nitrogens with zero attached hydrogens (tertiary/aromatic N) is 1. The maximum atomic E-state index is 14.0. The van der Waals surface area contributed by atoms with Crippen LogP contribution in [0.1, 0.15) is 38.3 Å². The zero-order chi connectivity index (χ0) is 21.4. The fraction of sp³-hybridized carbons (Fsp3) is 0.391. The van der Waals surface area contributed by atoms with Crippen molar-refractivity contribution in [1.82, 2.24) is 10.2 Å². The summed E-state index contributed by atoms with van der Waals surface area (Å²) in [6, 6.07) is 12.8. The molecule has 2 amide bonds. The molecule has 156 valence electrons. The summed E-state index contributed by atoms with van der Waals surface area (Å²) in [4.78, 5) is 27.2. The van der Waals surface area contributed by atoms with E-state index in [0.717, 1.165) is 12.0 Å². The number of carbonyl (C=O) groups is 2. The van der Waals surface area contributed by atoms with Gasteiger partial charge >= 0.3 is 0 Å². The Morgan fingerprint density at radius 1 is 1.14 bits per heavy atom. The minimum atomic E-state index is -0.700. The highest BCUT2D eigenvalue weighted by atomic mass is 19.1. The molecule has 2 aromatic rings. The van der Waals surface area contributed by atoms with Gasteiger partial charge < -0.3 is 15.0 Å². The SMILES string of the molecule is CC[C@@H](C)NC(=O)[C@H](C)N(Cc1cccc(OC)c1)C(=O)Cc1ccccc1F. The van der Waals surface area contributed by atoms with Gasteiger partial charge in [-0.3, -0.25) is 9.59 Å². The second kappa shape index (κ2) is 10.6. The van der Waals surface area contributed by atoms with Gasteiger partial charge in [-0.05, 0) is 49.6 Å². The molecule has 0 bridgehead atoms. The summed E-state index contributed by atoms with van der Waals surface area (Å²) in [6.07, 6.45) is 0.676. The van der Waals surface area contributed by atoms with E-state index < -0.39 is 11.9 Å². The first-order valence-corrected chi connectivity index (χ1v) is 9.81. The van der Waals surface area contributed by atoms with Gasteiger partial charge in [0.15, 0.2) is 0 Å². The molecule has 0 saturated heterocycles. The van der Waals surface area contributed by atoms with Crippen LogP contribution < -0.4 is 10.1 Å². The number of amides is 2. The molecule has 0 saturated carbocycles. The second-order valence-corrected chi connectivity index (χ2v) is 7.14. The number of rotatable bonds is 9. The van der Waals surface area contributed by atoms with Crippen LogP contribution >= 0.6 is 0 Å². The summed E-state index contributed by atoms with van der Waals surface area (Å²) >= 11 is 0. The normalized spacial score (nSPS) is 12.7. The Kier molecular flexibility index (Phi) is 8.19. The minimum absolute atomic E-state index is 0.00490. The summed E-state index contributed by atoms with van der Waals surface area (Å²) in [6.45, 7) is 5.81. The van der Waals surface area contributed by atoms with Crippen LogP contribution in [0, 0.1) is 5.82 Å². The molecule has 0 fully saturated rings. The van der Waals surface area contributed by atoms with Crippen molar-refractivity contribution in [2.75, 3.05) is 7.11 Å². The second-order valence-electron chi connectivity index (χ2n) is 7.14. The molecular weight excluding hydrogens is 371 g/mol. The molecule has 1 N–H and O–H groups in total. The van der Waals surface area contributed by atoms with Gasteiger partial charge in [-0.1, -0.05) is 37.3 Å². The third-order valence-corrected chi connectivity index (χ3v) is 4.95. The van der Waals surface area contributed by atoms with Crippen molar-refractivity contribution < 1.29 is 18.7 Å². The molecule has 0 radical (unpaired) electrons. The van der Waals surface area contributed by atoms with E-state index in [1.54, 1.807) is 32.2 Å². The van der Waals surface area contributed by atoms with Crippen LogP contribution in [0.4, 0.5) is 4.39 Å².